The molecule has 0 radical (unpaired) electrons. The first-order chi connectivity index (χ1) is 8.74. The van der Waals surface area contributed by atoms with Crippen molar-refractivity contribution in [3.63, 3.8) is 0 Å². The Hall–Kier alpha value is -2.09. The summed E-state index contributed by atoms with van der Waals surface area (Å²) in [5, 5.41) is 9.26. The van der Waals surface area contributed by atoms with Crippen molar-refractivity contribution < 1.29 is 9.90 Å². The Morgan fingerprint density at radius 3 is 2.28 bits per heavy atom. The molecule has 0 heterocycles. The van der Waals surface area contributed by atoms with Crippen molar-refractivity contribution in [1.29, 1.82) is 0 Å². The van der Waals surface area contributed by atoms with Crippen LogP contribution >= 0.6 is 0 Å². The molecule has 1 unspecified atom stereocenters. The van der Waals surface area contributed by atoms with Gasteiger partial charge in [0, 0.05) is 5.92 Å². The lowest BCUT2D eigenvalue weighted by Crippen LogP contribution is -2.08. The molecule has 1 N–H and O–H groups in total. The summed E-state index contributed by atoms with van der Waals surface area (Å²) < 4.78 is 0. The summed E-state index contributed by atoms with van der Waals surface area (Å²) in [5.74, 6) is -0.724. The average molecular weight is 240 g/mol. The minimum Gasteiger partial charge on any atom is -0.478 e. The summed E-state index contributed by atoms with van der Waals surface area (Å²) in [6.45, 7) is 2.08. The number of carboxylic acid groups (broad SMARTS) is 1. The second kappa shape index (κ2) is 5.50. The largest absolute Gasteiger partial charge is 0.478 e. The Balaban J connectivity index is 2.49. The van der Waals surface area contributed by atoms with Crippen LogP contribution in [-0.2, 0) is 0 Å². The summed E-state index contributed by atoms with van der Waals surface area (Å²) in [6.07, 6.45) is 0.883. The molecule has 2 nitrogen and oxygen atoms in total. The second-order valence-electron chi connectivity index (χ2n) is 4.26. The summed E-state index contributed by atoms with van der Waals surface area (Å²) in [7, 11) is 0. The van der Waals surface area contributed by atoms with Gasteiger partial charge < -0.3 is 5.11 Å². The molecule has 92 valence electrons. The molecule has 2 aromatic rings. The molecule has 0 fully saturated rings. The van der Waals surface area contributed by atoms with E-state index in [0.717, 1.165) is 17.5 Å². The van der Waals surface area contributed by atoms with Crippen LogP contribution < -0.4 is 0 Å². The van der Waals surface area contributed by atoms with Gasteiger partial charge in [0.15, 0.2) is 0 Å². The first kappa shape index (κ1) is 12.4. The van der Waals surface area contributed by atoms with Crippen molar-refractivity contribution in [3.8, 4) is 0 Å². The molecule has 18 heavy (non-hydrogen) atoms. The lowest BCUT2D eigenvalue weighted by molar-refractivity contribution is 0.0695. The zero-order valence-electron chi connectivity index (χ0n) is 10.3. The molecule has 0 aliphatic rings. The standard InChI is InChI=1S/C16H16O2/c1-2-13(12-8-4-3-5-9-12)14-10-6-7-11-15(14)16(17)18/h3-11,13H,2H2,1H3,(H,17,18). The number of hydrogen-bond acceptors (Lipinski definition) is 1. The van der Waals surface area contributed by atoms with E-state index in [-0.39, 0.29) is 5.92 Å². The molecule has 0 saturated carbocycles. The summed E-state index contributed by atoms with van der Waals surface area (Å²) in [5.41, 5.74) is 2.45. The molecule has 2 aromatic carbocycles. The Morgan fingerprint density at radius 1 is 1.06 bits per heavy atom. The molecule has 0 saturated heterocycles. The maximum absolute atomic E-state index is 11.3. The fourth-order valence-corrected chi connectivity index (χ4v) is 2.32. The van der Waals surface area contributed by atoms with Gasteiger partial charge >= 0.3 is 5.97 Å². The van der Waals surface area contributed by atoms with Gasteiger partial charge in [-0.3, -0.25) is 0 Å². The first-order valence-electron chi connectivity index (χ1n) is 6.11. The van der Waals surface area contributed by atoms with Crippen LogP contribution in [0.1, 0.15) is 40.7 Å². The number of rotatable bonds is 4. The Morgan fingerprint density at radius 2 is 1.67 bits per heavy atom. The van der Waals surface area contributed by atoms with Crippen LogP contribution in [0.3, 0.4) is 0 Å². The van der Waals surface area contributed by atoms with Gasteiger partial charge in [-0.2, -0.15) is 0 Å². The highest BCUT2D eigenvalue weighted by Gasteiger charge is 2.18. The molecule has 1 atom stereocenters. The molecule has 0 bridgehead atoms. The van der Waals surface area contributed by atoms with E-state index in [1.54, 1.807) is 12.1 Å². The van der Waals surface area contributed by atoms with Gasteiger partial charge in [0.2, 0.25) is 0 Å². The number of hydrogen-bond donors (Lipinski definition) is 1. The molecular weight excluding hydrogens is 224 g/mol. The number of carbonyl (C=O) groups is 1. The Labute approximate surface area is 107 Å². The van der Waals surface area contributed by atoms with Crippen molar-refractivity contribution in [3.05, 3.63) is 71.3 Å². The van der Waals surface area contributed by atoms with Gasteiger partial charge in [-0.05, 0) is 23.6 Å². The summed E-state index contributed by atoms with van der Waals surface area (Å²) >= 11 is 0. The van der Waals surface area contributed by atoms with Crippen molar-refractivity contribution in [2.75, 3.05) is 0 Å². The number of carboxylic acids is 1. The van der Waals surface area contributed by atoms with E-state index in [1.165, 1.54) is 0 Å². The lowest BCUT2D eigenvalue weighted by atomic mass is 9.86. The predicted molar refractivity (Wildman–Crippen MR) is 72.0 cm³/mol. The van der Waals surface area contributed by atoms with E-state index in [0.29, 0.717) is 5.56 Å². The van der Waals surface area contributed by atoms with Crippen molar-refractivity contribution in [1.82, 2.24) is 0 Å². The van der Waals surface area contributed by atoms with Gasteiger partial charge in [-0.25, -0.2) is 4.79 Å². The molecule has 0 aliphatic heterocycles. The van der Waals surface area contributed by atoms with E-state index in [9.17, 15) is 9.90 Å². The quantitative estimate of drug-likeness (QED) is 0.879. The fourth-order valence-electron chi connectivity index (χ4n) is 2.32. The lowest BCUT2D eigenvalue weighted by Gasteiger charge is -2.18. The number of benzene rings is 2. The van der Waals surface area contributed by atoms with Crippen LogP contribution in [0.15, 0.2) is 54.6 Å². The summed E-state index contributed by atoms with van der Waals surface area (Å²) in [6, 6.07) is 17.3. The van der Waals surface area contributed by atoms with Crippen molar-refractivity contribution in [2.45, 2.75) is 19.3 Å². The smallest absolute Gasteiger partial charge is 0.335 e. The van der Waals surface area contributed by atoms with Crippen molar-refractivity contribution in [2.24, 2.45) is 0 Å². The highest BCUT2D eigenvalue weighted by atomic mass is 16.4. The van der Waals surface area contributed by atoms with Gasteiger partial charge in [0.1, 0.15) is 0 Å². The third-order valence-corrected chi connectivity index (χ3v) is 3.18. The van der Waals surface area contributed by atoms with Crippen LogP contribution in [-0.4, -0.2) is 11.1 Å². The molecule has 0 aliphatic carbocycles. The normalized spacial score (nSPS) is 12.1. The van der Waals surface area contributed by atoms with E-state index in [1.807, 2.05) is 42.5 Å². The SMILES string of the molecule is CCC(c1ccccc1)c1ccccc1C(=O)O. The van der Waals surface area contributed by atoms with Crippen LogP contribution in [0.25, 0.3) is 0 Å². The van der Waals surface area contributed by atoms with Gasteiger partial charge in [-0.1, -0.05) is 55.5 Å². The number of aromatic carboxylic acids is 1. The minimum atomic E-state index is -0.861. The van der Waals surface area contributed by atoms with E-state index in [2.05, 4.69) is 6.92 Å². The Kier molecular flexibility index (Phi) is 3.78. The zero-order chi connectivity index (χ0) is 13.0. The van der Waals surface area contributed by atoms with Gasteiger partial charge in [-0.15, -0.1) is 0 Å². The van der Waals surface area contributed by atoms with Gasteiger partial charge in [0.25, 0.3) is 0 Å². The predicted octanol–water partition coefficient (Wildman–Crippen LogP) is 3.93. The third-order valence-electron chi connectivity index (χ3n) is 3.18. The summed E-state index contributed by atoms with van der Waals surface area (Å²) in [4.78, 5) is 11.3. The second-order valence-corrected chi connectivity index (χ2v) is 4.26. The maximum atomic E-state index is 11.3. The molecule has 0 aromatic heterocycles. The monoisotopic (exact) mass is 240 g/mol. The van der Waals surface area contributed by atoms with Gasteiger partial charge in [0.05, 0.1) is 5.56 Å². The Bertz CT molecular complexity index is 532. The highest BCUT2D eigenvalue weighted by Crippen LogP contribution is 2.30. The first-order valence-corrected chi connectivity index (χ1v) is 6.11. The van der Waals surface area contributed by atoms with Crippen molar-refractivity contribution >= 4 is 5.97 Å². The van der Waals surface area contributed by atoms with Crippen LogP contribution in [0.5, 0.6) is 0 Å². The molecule has 2 rings (SSSR count). The van der Waals surface area contributed by atoms with Crippen LogP contribution in [0.2, 0.25) is 0 Å². The van der Waals surface area contributed by atoms with Crippen LogP contribution in [0, 0.1) is 0 Å². The minimum absolute atomic E-state index is 0.137. The molecular formula is C16H16O2. The average Bonchev–Trinajstić information content (AvgIpc) is 2.41. The molecule has 0 spiro atoms. The van der Waals surface area contributed by atoms with Crippen LogP contribution in [0.4, 0.5) is 0 Å². The van der Waals surface area contributed by atoms with E-state index >= 15 is 0 Å². The fraction of sp³-hybridized carbons (Fsp3) is 0.188. The molecule has 2 heteroatoms. The van der Waals surface area contributed by atoms with E-state index in [4.69, 9.17) is 0 Å². The third kappa shape index (κ3) is 2.43. The van der Waals surface area contributed by atoms with E-state index < -0.39 is 5.97 Å². The highest BCUT2D eigenvalue weighted by molar-refractivity contribution is 5.89. The zero-order valence-corrected chi connectivity index (χ0v) is 10.3. The maximum Gasteiger partial charge on any atom is 0.335 e. The topological polar surface area (TPSA) is 37.3 Å². The molecule has 0 amide bonds.